The minimum Gasteiger partial charge on any atom is -0.315 e. The highest BCUT2D eigenvalue weighted by atomic mass is 35.5. The number of nitrogens with zero attached hydrogens (tertiary/aromatic N) is 1. The van der Waals surface area contributed by atoms with Crippen molar-refractivity contribution in [2.45, 2.75) is 25.3 Å². The van der Waals surface area contributed by atoms with E-state index in [1.807, 2.05) is 12.1 Å². The highest BCUT2D eigenvalue weighted by molar-refractivity contribution is 6.30. The van der Waals surface area contributed by atoms with Crippen molar-refractivity contribution in [2.24, 2.45) is 0 Å². The number of hydrogen-bond acceptors (Lipinski definition) is 2. The molecule has 2 rings (SSSR count). The van der Waals surface area contributed by atoms with Crippen LogP contribution in [0.3, 0.4) is 0 Å². The van der Waals surface area contributed by atoms with Gasteiger partial charge in [-0.25, -0.2) is 0 Å². The summed E-state index contributed by atoms with van der Waals surface area (Å²) in [6, 6.07) is 8.90. The Hall–Kier alpha value is -0.280. The van der Waals surface area contributed by atoms with Crippen molar-refractivity contribution in [3.05, 3.63) is 34.9 Å². The summed E-state index contributed by atoms with van der Waals surface area (Å²) in [6.45, 7) is 5.64. The lowest BCUT2D eigenvalue weighted by Crippen LogP contribution is -2.35. The molecular formula is C14H22Cl2N2. The standard InChI is InChI=1S/C14H21ClN2.ClH/c1-11(12-4-3-5-13(15)8-12)10-17(2)14-6-7-16-9-14;/h3-5,8,11,14,16H,6-7,9-10H2,1-2H3;1H. The molecule has 0 aromatic heterocycles. The topological polar surface area (TPSA) is 15.3 Å². The van der Waals surface area contributed by atoms with Gasteiger partial charge in [0.05, 0.1) is 0 Å². The SMILES string of the molecule is CC(CN(C)C1CCNC1)c1cccc(Cl)c1.Cl. The van der Waals surface area contributed by atoms with Crippen LogP contribution in [-0.2, 0) is 0 Å². The second kappa shape index (κ2) is 7.34. The summed E-state index contributed by atoms with van der Waals surface area (Å²) >= 11 is 6.03. The first-order chi connectivity index (χ1) is 8.16. The molecule has 2 nitrogen and oxygen atoms in total. The van der Waals surface area contributed by atoms with Crippen LogP contribution < -0.4 is 5.32 Å². The Labute approximate surface area is 121 Å². The molecule has 0 bridgehead atoms. The molecule has 1 aliphatic heterocycles. The summed E-state index contributed by atoms with van der Waals surface area (Å²) in [6.07, 6.45) is 1.26. The summed E-state index contributed by atoms with van der Waals surface area (Å²) < 4.78 is 0. The highest BCUT2D eigenvalue weighted by Crippen LogP contribution is 2.21. The van der Waals surface area contributed by atoms with Crippen LogP contribution in [-0.4, -0.2) is 37.6 Å². The number of likely N-dealkylation sites (N-methyl/N-ethyl adjacent to an activating group) is 1. The van der Waals surface area contributed by atoms with Gasteiger partial charge in [0, 0.05) is 24.2 Å². The molecule has 0 saturated carbocycles. The largest absolute Gasteiger partial charge is 0.315 e. The lowest BCUT2D eigenvalue weighted by molar-refractivity contribution is 0.245. The van der Waals surface area contributed by atoms with Gasteiger partial charge >= 0.3 is 0 Å². The molecule has 1 saturated heterocycles. The first-order valence-electron chi connectivity index (χ1n) is 6.33. The van der Waals surface area contributed by atoms with Crippen molar-refractivity contribution in [1.82, 2.24) is 10.2 Å². The van der Waals surface area contributed by atoms with Gasteiger partial charge in [0.2, 0.25) is 0 Å². The molecule has 102 valence electrons. The molecule has 2 unspecified atom stereocenters. The van der Waals surface area contributed by atoms with Crippen molar-refractivity contribution < 1.29 is 0 Å². The van der Waals surface area contributed by atoms with E-state index in [1.54, 1.807) is 0 Å². The molecule has 0 aliphatic carbocycles. The molecule has 1 heterocycles. The second-order valence-electron chi connectivity index (χ2n) is 5.04. The van der Waals surface area contributed by atoms with Gasteiger partial charge in [-0.15, -0.1) is 12.4 Å². The molecule has 1 aromatic carbocycles. The number of nitrogens with one attached hydrogen (secondary N) is 1. The summed E-state index contributed by atoms with van der Waals surface area (Å²) in [5.74, 6) is 0.527. The highest BCUT2D eigenvalue weighted by Gasteiger charge is 2.20. The maximum absolute atomic E-state index is 6.03. The summed E-state index contributed by atoms with van der Waals surface area (Å²) in [7, 11) is 2.22. The Morgan fingerprint density at radius 2 is 2.28 bits per heavy atom. The van der Waals surface area contributed by atoms with E-state index < -0.39 is 0 Å². The molecule has 1 aromatic rings. The Morgan fingerprint density at radius 3 is 2.89 bits per heavy atom. The molecule has 0 amide bonds. The van der Waals surface area contributed by atoms with Gasteiger partial charge in [-0.1, -0.05) is 30.7 Å². The first-order valence-corrected chi connectivity index (χ1v) is 6.71. The molecule has 4 heteroatoms. The number of rotatable bonds is 4. The van der Waals surface area contributed by atoms with Gasteiger partial charge < -0.3 is 10.2 Å². The molecule has 1 fully saturated rings. The fraction of sp³-hybridized carbons (Fsp3) is 0.571. The predicted molar refractivity (Wildman–Crippen MR) is 81.0 cm³/mol. The van der Waals surface area contributed by atoms with Gasteiger partial charge in [-0.05, 0) is 43.6 Å². The van der Waals surface area contributed by atoms with Crippen LogP contribution in [0.25, 0.3) is 0 Å². The Kier molecular flexibility index (Phi) is 6.44. The summed E-state index contributed by atoms with van der Waals surface area (Å²) in [5.41, 5.74) is 1.33. The Bertz CT molecular complexity index is 365. The first kappa shape index (κ1) is 15.8. The zero-order valence-corrected chi connectivity index (χ0v) is 12.6. The van der Waals surface area contributed by atoms with E-state index in [2.05, 4.69) is 36.3 Å². The van der Waals surface area contributed by atoms with Gasteiger partial charge in [-0.3, -0.25) is 0 Å². The normalized spacial score (nSPS) is 20.8. The van der Waals surface area contributed by atoms with E-state index >= 15 is 0 Å². The minimum atomic E-state index is 0. The third-order valence-corrected chi connectivity index (χ3v) is 3.87. The summed E-state index contributed by atoms with van der Waals surface area (Å²) in [5, 5.41) is 4.25. The van der Waals surface area contributed by atoms with E-state index in [4.69, 9.17) is 11.6 Å². The van der Waals surface area contributed by atoms with E-state index in [1.165, 1.54) is 12.0 Å². The third-order valence-electron chi connectivity index (χ3n) is 3.64. The molecule has 18 heavy (non-hydrogen) atoms. The molecule has 0 spiro atoms. The fourth-order valence-electron chi connectivity index (χ4n) is 2.52. The molecule has 1 aliphatic rings. The third kappa shape index (κ3) is 4.13. The van der Waals surface area contributed by atoms with E-state index in [9.17, 15) is 0 Å². The average Bonchev–Trinajstić information content (AvgIpc) is 2.82. The Balaban J connectivity index is 0.00000162. The van der Waals surface area contributed by atoms with Crippen LogP contribution in [0.15, 0.2) is 24.3 Å². The molecule has 1 N–H and O–H groups in total. The number of benzene rings is 1. The van der Waals surface area contributed by atoms with Gasteiger partial charge in [0.25, 0.3) is 0 Å². The number of hydrogen-bond donors (Lipinski definition) is 1. The van der Waals surface area contributed by atoms with Crippen LogP contribution in [0, 0.1) is 0 Å². The van der Waals surface area contributed by atoms with Gasteiger partial charge in [-0.2, -0.15) is 0 Å². The van der Waals surface area contributed by atoms with Crippen LogP contribution >= 0.6 is 24.0 Å². The van der Waals surface area contributed by atoms with Crippen molar-refractivity contribution in [2.75, 3.05) is 26.7 Å². The fourth-order valence-corrected chi connectivity index (χ4v) is 2.71. The van der Waals surface area contributed by atoms with Crippen molar-refractivity contribution in [1.29, 1.82) is 0 Å². The quantitative estimate of drug-likeness (QED) is 0.916. The zero-order chi connectivity index (χ0) is 12.3. The Morgan fingerprint density at radius 1 is 1.50 bits per heavy atom. The second-order valence-corrected chi connectivity index (χ2v) is 5.48. The van der Waals surface area contributed by atoms with Crippen LogP contribution in [0.2, 0.25) is 5.02 Å². The number of halogens is 2. The smallest absolute Gasteiger partial charge is 0.0408 e. The average molecular weight is 289 g/mol. The predicted octanol–water partition coefficient (Wildman–Crippen LogP) is 3.16. The van der Waals surface area contributed by atoms with Crippen molar-refractivity contribution >= 4 is 24.0 Å². The lowest BCUT2D eigenvalue weighted by Gasteiger charge is -2.27. The minimum absolute atomic E-state index is 0. The van der Waals surface area contributed by atoms with Gasteiger partial charge in [0.1, 0.15) is 0 Å². The zero-order valence-electron chi connectivity index (χ0n) is 11.0. The molecular weight excluding hydrogens is 267 g/mol. The maximum Gasteiger partial charge on any atom is 0.0408 e. The summed E-state index contributed by atoms with van der Waals surface area (Å²) in [4.78, 5) is 2.46. The maximum atomic E-state index is 6.03. The van der Waals surface area contributed by atoms with Crippen molar-refractivity contribution in [3.8, 4) is 0 Å². The van der Waals surface area contributed by atoms with Gasteiger partial charge in [0.15, 0.2) is 0 Å². The van der Waals surface area contributed by atoms with E-state index in [0.29, 0.717) is 12.0 Å². The monoisotopic (exact) mass is 288 g/mol. The lowest BCUT2D eigenvalue weighted by atomic mass is 10.00. The van der Waals surface area contributed by atoms with Crippen LogP contribution in [0.4, 0.5) is 0 Å². The molecule has 2 atom stereocenters. The van der Waals surface area contributed by atoms with E-state index in [0.717, 1.165) is 24.7 Å². The van der Waals surface area contributed by atoms with E-state index in [-0.39, 0.29) is 12.4 Å². The van der Waals surface area contributed by atoms with Crippen molar-refractivity contribution in [3.63, 3.8) is 0 Å². The molecule has 0 radical (unpaired) electrons. The van der Waals surface area contributed by atoms with Crippen LogP contribution in [0.5, 0.6) is 0 Å². The van der Waals surface area contributed by atoms with Crippen LogP contribution in [0.1, 0.15) is 24.8 Å².